The maximum Gasteiger partial charge on any atom is 0.422 e. The molecule has 42 valence electrons. The normalized spacial score (nSPS) is 6.50. The molecule has 0 aromatic rings. The van der Waals surface area contributed by atoms with E-state index in [9.17, 15) is 0 Å². The largest absolute Gasteiger partial charge is 0.422 e. The fourth-order valence-corrected chi connectivity index (χ4v) is 0.356. The van der Waals surface area contributed by atoms with Crippen LogP contribution in [-0.4, -0.2) is 0 Å². The van der Waals surface area contributed by atoms with E-state index in [2.05, 4.69) is 23.9 Å². The number of hydrogen-bond acceptors (Lipinski definition) is 1. The number of diazo groups is 1. The summed E-state index contributed by atoms with van der Waals surface area (Å²) in [4.78, 5) is 2.65. The molecule has 0 aliphatic heterocycles. The second-order valence-electron chi connectivity index (χ2n) is 1.49. The minimum Gasteiger partial charge on any atom is -0.0653 e. The van der Waals surface area contributed by atoms with Crippen molar-refractivity contribution in [3.63, 3.8) is 0 Å². The molecule has 0 bridgehead atoms. The third kappa shape index (κ3) is 4.98. The third-order valence-corrected chi connectivity index (χ3v) is 0.784. The van der Waals surface area contributed by atoms with Crippen LogP contribution in [0.15, 0.2) is 0 Å². The topological polar surface area (TPSA) is 28.1 Å². The van der Waals surface area contributed by atoms with Crippen LogP contribution in [0.3, 0.4) is 0 Å². The van der Waals surface area contributed by atoms with E-state index >= 15 is 0 Å². The molecule has 8 heavy (non-hydrogen) atoms. The van der Waals surface area contributed by atoms with E-state index < -0.39 is 0 Å². The lowest BCUT2D eigenvalue weighted by Gasteiger charge is -1.78. The van der Waals surface area contributed by atoms with Crippen LogP contribution in [0.5, 0.6) is 0 Å². The highest BCUT2D eigenvalue weighted by Crippen LogP contribution is 1.89. The first kappa shape index (κ1) is 6.98. The summed E-state index contributed by atoms with van der Waals surface area (Å²) >= 11 is 0. The Bertz CT molecular complexity index is 133. The quantitative estimate of drug-likeness (QED) is 0.303. The predicted molar refractivity (Wildman–Crippen MR) is 32.4 cm³/mol. The molecular formula is C6H9N2+. The first-order valence-corrected chi connectivity index (χ1v) is 2.73. The van der Waals surface area contributed by atoms with E-state index in [4.69, 9.17) is 5.39 Å². The van der Waals surface area contributed by atoms with Crippen LogP contribution in [0.4, 0.5) is 0 Å². The van der Waals surface area contributed by atoms with Crippen LogP contribution in [0.1, 0.15) is 26.2 Å². The summed E-state index contributed by atoms with van der Waals surface area (Å²) in [6.07, 6.45) is 3.06. The molecule has 0 saturated carbocycles. The highest BCUT2D eigenvalue weighted by atomic mass is 14.8. The van der Waals surface area contributed by atoms with Crippen molar-refractivity contribution in [1.82, 2.24) is 0 Å². The number of rotatable bonds is 2. The molecule has 0 fully saturated rings. The van der Waals surface area contributed by atoms with Crippen molar-refractivity contribution in [2.24, 2.45) is 0 Å². The monoisotopic (exact) mass is 109 g/mol. The Hall–Kier alpha value is -1.02. The fourth-order valence-electron chi connectivity index (χ4n) is 0.356. The van der Waals surface area contributed by atoms with Crippen LogP contribution in [0.2, 0.25) is 0 Å². The smallest absolute Gasteiger partial charge is 0.0653 e. The van der Waals surface area contributed by atoms with Crippen LogP contribution in [-0.2, 0) is 0 Å². The van der Waals surface area contributed by atoms with Crippen LogP contribution >= 0.6 is 0 Å². The Labute approximate surface area is 49.5 Å². The van der Waals surface area contributed by atoms with Gasteiger partial charge in [-0.25, -0.2) is 0 Å². The Balaban J connectivity index is 3.06. The standard InChI is InChI=1S/C6H9N2/c1-2-3-4-5-6-8-7/h2-4H2,1H3/q+1. The van der Waals surface area contributed by atoms with Gasteiger partial charge in [-0.15, -0.1) is 0 Å². The summed E-state index contributed by atoms with van der Waals surface area (Å²) in [7, 11) is 0. The van der Waals surface area contributed by atoms with E-state index in [-0.39, 0.29) is 0 Å². The minimum atomic E-state index is 0.834. The van der Waals surface area contributed by atoms with Gasteiger partial charge in [0, 0.05) is 6.42 Å². The molecule has 0 spiro atoms. The van der Waals surface area contributed by atoms with Gasteiger partial charge < -0.3 is 0 Å². The van der Waals surface area contributed by atoms with E-state index in [0.717, 1.165) is 19.3 Å². The minimum absolute atomic E-state index is 0.834. The lowest BCUT2D eigenvalue weighted by atomic mass is 10.3. The number of hydrogen-bond donors (Lipinski definition) is 0. The highest BCUT2D eigenvalue weighted by Gasteiger charge is 1.78. The van der Waals surface area contributed by atoms with Crippen molar-refractivity contribution in [3.05, 3.63) is 4.98 Å². The molecule has 0 unspecified atom stereocenters. The molecule has 0 radical (unpaired) electrons. The van der Waals surface area contributed by atoms with Gasteiger partial charge >= 0.3 is 6.04 Å². The van der Waals surface area contributed by atoms with Gasteiger partial charge in [-0.05, 0) is 12.3 Å². The number of unbranched alkanes of at least 4 members (excludes halogenated alkanes) is 2. The predicted octanol–water partition coefficient (Wildman–Crippen LogP) is 1.99. The lowest BCUT2D eigenvalue weighted by molar-refractivity contribution is 0.828. The third-order valence-electron chi connectivity index (χ3n) is 0.784. The van der Waals surface area contributed by atoms with Crippen LogP contribution in [0.25, 0.3) is 4.98 Å². The summed E-state index contributed by atoms with van der Waals surface area (Å²) < 4.78 is 0. The highest BCUT2D eigenvalue weighted by molar-refractivity contribution is 5.03. The van der Waals surface area contributed by atoms with Crippen molar-refractivity contribution < 1.29 is 0 Å². The summed E-state index contributed by atoms with van der Waals surface area (Å²) in [5.74, 6) is 2.67. The molecular weight excluding hydrogens is 100 g/mol. The first-order valence-electron chi connectivity index (χ1n) is 2.73. The molecule has 0 rings (SSSR count). The van der Waals surface area contributed by atoms with Crippen LogP contribution < -0.4 is 0 Å². The fraction of sp³-hybridized carbons (Fsp3) is 0.667. The van der Waals surface area contributed by atoms with E-state index in [1.54, 1.807) is 0 Å². The van der Waals surface area contributed by atoms with Gasteiger partial charge in [0.15, 0.2) is 0 Å². The van der Waals surface area contributed by atoms with Gasteiger partial charge in [-0.2, -0.15) is 0 Å². The second-order valence-corrected chi connectivity index (χ2v) is 1.49. The summed E-state index contributed by atoms with van der Waals surface area (Å²) in [5, 5.41) is 7.82. The van der Waals surface area contributed by atoms with Crippen LogP contribution in [0, 0.1) is 17.4 Å². The van der Waals surface area contributed by atoms with Gasteiger partial charge in [0.1, 0.15) is 0 Å². The molecule has 2 heteroatoms. The molecule has 0 aliphatic carbocycles. The second kappa shape index (κ2) is 5.98. The van der Waals surface area contributed by atoms with E-state index in [1.165, 1.54) is 0 Å². The van der Waals surface area contributed by atoms with Crippen molar-refractivity contribution in [1.29, 1.82) is 5.39 Å². The Morgan fingerprint density at radius 3 is 2.88 bits per heavy atom. The van der Waals surface area contributed by atoms with Crippen molar-refractivity contribution in [2.45, 2.75) is 26.2 Å². The number of nitrogens with zero attached hydrogens (tertiary/aromatic N) is 2. The van der Waals surface area contributed by atoms with Crippen molar-refractivity contribution >= 4 is 0 Å². The maximum atomic E-state index is 7.82. The SMILES string of the molecule is CCCCC#C[N+]#N. The van der Waals surface area contributed by atoms with Gasteiger partial charge in [0.2, 0.25) is 10.4 Å². The molecule has 0 aromatic carbocycles. The average molecular weight is 109 g/mol. The molecule has 0 N–H and O–H groups in total. The van der Waals surface area contributed by atoms with Crippen molar-refractivity contribution in [3.8, 4) is 12.0 Å². The lowest BCUT2D eigenvalue weighted by Crippen LogP contribution is -1.64. The summed E-state index contributed by atoms with van der Waals surface area (Å²) in [5.41, 5.74) is 0. The zero-order valence-electron chi connectivity index (χ0n) is 5.02. The zero-order chi connectivity index (χ0) is 6.24. The molecule has 0 heterocycles. The Kier molecular flexibility index (Phi) is 5.22. The average Bonchev–Trinajstić information content (AvgIpc) is 1.81. The van der Waals surface area contributed by atoms with Gasteiger partial charge in [-0.1, -0.05) is 13.3 Å². The van der Waals surface area contributed by atoms with E-state index in [0.29, 0.717) is 0 Å². The molecule has 0 saturated heterocycles. The van der Waals surface area contributed by atoms with Gasteiger partial charge in [-0.3, -0.25) is 0 Å². The molecule has 0 aromatic heterocycles. The molecule has 0 aliphatic rings. The van der Waals surface area contributed by atoms with Gasteiger partial charge in [0.25, 0.3) is 0 Å². The summed E-state index contributed by atoms with van der Waals surface area (Å²) in [6.45, 7) is 2.10. The summed E-state index contributed by atoms with van der Waals surface area (Å²) in [6, 6.07) is 2.21. The maximum absolute atomic E-state index is 7.82. The van der Waals surface area contributed by atoms with E-state index in [1.807, 2.05) is 0 Å². The van der Waals surface area contributed by atoms with Crippen molar-refractivity contribution in [2.75, 3.05) is 0 Å². The molecule has 2 nitrogen and oxygen atoms in total. The first-order chi connectivity index (χ1) is 3.91. The molecule has 0 amide bonds. The van der Waals surface area contributed by atoms with Gasteiger partial charge in [0.05, 0.1) is 0 Å². The zero-order valence-corrected chi connectivity index (χ0v) is 5.02. The Morgan fingerprint density at radius 1 is 1.62 bits per heavy atom. The molecule has 0 atom stereocenters. The Morgan fingerprint density at radius 2 is 2.38 bits per heavy atom.